The Bertz CT molecular complexity index is 960. The van der Waals surface area contributed by atoms with Crippen LogP contribution in [0.25, 0.3) is 11.0 Å². The Kier molecular flexibility index (Phi) is 6.03. The molecule has 0 saturated heterocycles. The van der Waals surface area contributed by atoms with Crippen LogP contribution in [0.4, 0.5) is 5.69 Å². The van der Waals surface area contributed by atoms with Crippen LogP contribution in [0.3, 0.4) is 0 Å². The first kappa shape index (κ1) is 18.8. The van der Waals surface area contributed by atoms with E-state index < -0.39 is 12.1 Å². The number of rotatable bonds is 6. The minimum absolute atomic E-state index is 0.0508. The zero-order chi connectivity index (χ0) is 19.2. The first-order valence-corrected chi connectivity index (χ1v) is 9.41. The van der Waals surface area contributed by atoms with Gasteiger partial charge in [0.1, 0.15) is 5.03 Å². The van der Waals surface area contributed by atoms with Gasteiger partial charge in [0.25, 0.3) is 5.91 Å². The Balaban J connectivity index is 1.50. The van der Waals surface area contributed by atoms with E-state index in [-0.39, 0.29) is 11.7 Å². The van der Waals surface area contributed by atoms with Gasteiger partial charge in [-0.15, -0.1) is 0 Å². The van der Waals surface area contributed by atoms with Crippen LogP contribution in [-0.4, -0.2) is 33.7 Å². The van der Waals surface area contributed by atoms with Gasteiger partial charge >= 0.3 is 5.97 Å². The summed E-state index contributed by atoms with van der Waals surface area (Å²) in [4.78, 5) is 32.9. The highest BCUT2D eigenvalue weighted by Gasteiger charge is 2.18. The van der Waals surface area contributed by atoms with Crippen LogP contribution in [0.15, 0.2) is 59.8 Å². The first-order valence-electron chi connectivity index (χ1n) is 8.43. The Morgan fingerprint density at radius 3 is 2.56 bits per heavy atom. The lowest BCUT2D eigenvalue weighted by atomic mass is 10.2. The molecule has 0 aliphatic carbocycles. The number of anilines is 1. The van der Waals surface area contributed by atoms with E-state index in [4.69, 9.17) is 4.74 Å². The third kappa shape index (κ3) is 5.27. The monoisotopic (exact) mass is 381 g/mol. The number of carbonyl (C=O) groups excluding carboxylic acids is 2. The quantitative estimate of drug-likeness (QED) is 0.519. The summed E-state index contributed by atoms with van der Waals surface area (Å²) >= 11 is 1.22. The summed E-state index contributed by atoms with van der Waals surface area (Å²) in [6.07, 6.45) is 0.732. The van der Waals surface area contributed by atoms with Crippen molar-refractivity contribution in [2.75, 3.05) is 11.1 Å². The molecule has 6 nitrogen and oxygen atoms in total. The summed E-state index contributed by atoms with van der Waals surface area (Å²) in [7, 11) is 0. The molecule has 0 saturated carbocycles. The van der Waals surface area contributed by atoms with Gasteiger partial charge in [-0.3, -0.25) is 14.6 Å². The van der Waals surface area contributed by atoms with E-state index in [9.17, 15) is 9.59 Å². The van der Waals surface area contributed by atoms with Crippen LogP contribution in [0, 0.1) is 6.92 Å². The zero-order valence-corrected chi connectivity index (χ0v) is 15.8. The molecule has 3 aromatic rings. The molecule has 0 aliphatic rings. The van der Waals surface area contributed by atoms with Gasteiger partial charge in [-0.1, -0.05) is 41.6 Å². The highest BCUT2D eigenvalue weighted by molar-refractivity contribution is 7.99. The number of thioether (sulfide) groups is 1. The summed E-state index contributed by atoms with van der Waals surface area (Å²) in [5.41, 5.74) is 3.32. The number of hydrogen-bond donors (Lipinski definition) is 1. The maximum Gasteiger partial charge on any atom is 0.317 e. The van der Waals surface area contributed by atoms with E-state index in [1.807, 2.05) is 43.3 Å². The molecule has 1 N–H and O–H groups in total. The Morgan fingerprint density at radius 1 is 1.11 bits per heavy atom. The molecular formula is C20H19N3O3S. The number of nitrogens with zero attached hydrogens (tertiary/aromatic N) is 2. The van der Waals surface area contributed by atoms with Crippen LogP contribution in [0.5, 0.6) is 0 Å². The zero-order valence-electron chi connectivity index (χ0n) is 15.0. The fourth-order valence-corrected chi connectivity index (χ4v) is 2.93. The fourth-order valence-electron chi connectivity index (χ4n) is 2.31. The van der Waals surface area contributed by atoms with Crippen LogP contribution in [0.2, 0.25) is 0 Å². The van der Waals surface area contributed by atoms with Gasteiger partial charge in [-0.2, -0.15) is 0 Å². The topological polar surface area (TPSA) is 81.2 Å². The summed E-state index contributed by atoms with van der Waals surface area (Å²) in [5, 5.41) is 3.35. The average Bonchev–Trinajstić information content (AvgIpc) is 2.68. The summed E-state index contributed by atoms with van der Waals surface area (Å²) < 4.78 is 5.20. The van der Waals surface area contributed by atoms with Gasteiger partial charge in [0.2, 0.25) is 0 Å². The Hall–Kier alpha value is -2.93. The number of para-hydroxylation sites is 2. The Labute approximate surface area is 161 Å². The van der Waals surface area contributed by atoms with Gasteiger partial charge in [-0.25, -0.2) is 4.98 Å². The molecule has 0 radical (unpaired) electrons. The molecule has 0 aliphatic heterocycles. The highest BCUT2D eigenvalue weighted by Crippen LogP contribution is 2.18. The lowest BCUT2D eigenvalue weighted by molar-refractivity contribution is -0.150. The van der Waals surface area contributed by atoms with Crippen LogP contribution >= 0.6 is 11.8 Å². The fraction of sp³-hybridized carbons (Fsp3) is 0.200. The van der Waals surface area contributed by atoms with Crippen molar-refractivity contribution in [3.05, 3.63) is 60.3 Å². The summed E-state index contributed by atoms with van der Waals surface area (Å²) in [6.45, 7) is 3.51. The number of esters is 1. The molecule has 138 valence electrons. The van der Waals surface area contributed by atoms with E-state index in [0.717, 1.165) is 16.6 Å². The number of ether oxygens (including phenoxy) is 1. The van der Waals surface area contributed by atoms with E-state index in [2.05, 4.69) is 15.3 Å². The minimum Gasteiger partial charge on any atom is -0.452 e. The normalized spacial score (nSPS) is 11.8. The van der Waals surface area contributed by atoms with Crippen LogP contribution in [-0.2, 0) is 14.3 Å². The second-order valence-corrected chi connectivity index (χ2v) is 6.97. The maximum absolute atomic E-state index is 12.1. The molecule has 2 aromatic carbocycles. The van der Waals surface area contributed by atoms with Gasteiger partial charge < -0.3 is 10.1 Å². The van der Waals surface area contributed by atoms with Gasteiger partial charge in [0.15, 0.2) is 6.10 Å². The number of fused-ring (bicyclic) bond motifs is 1. The molecule has 1 aromatic heterocycles. The number of carbonyl (C=O) groups is 2. The second kappa shape index (κ2) is 8.64. The number of benzene rings is 2. The molecular weight excluding hydrogens is 362 g/mol. The van der Waals surface area contributed by atoms with Crippen LogP contribution < -0.4 is 5.32 Å². The summed E-state index contributed by atoms with van der Waals surface area (Å²) in [5.74, 6) is -0.806. The second-order valence-electron chi connectivity index (χ2n) is 5.97. The standard InChI is InChI=1S/C20H19N3O3S/c1-13-7-9-15(10-8-13)22-20(25)14(2)26-19(24)12-27-18-11-21-16-5-3-4-6-17(16)23-18/h3-11,14H,12H2,1-2H3,(H,22,25). The number of amides is 1. The SMILES string of the molecule is Cc1ccc(NC(=O)C(C)OC(=O)CSc2cnc3ccccc3n2)cc1. The predicted octanol–water partition coefficient (Wildman–Crippen LogP) is 3.60. The van der Waals surface area contributed by atoms with E-state index in [0.29, 0.717) is 10.7 Å². The molecule has 1 atom stereocenters. The largest absolute Gasteiger partial charge is 0.452 e. The van der Waals surface area contributed by atoms with Crippen molar-refractivity contribution >= 4 is 40.4 Å². The number of nitrogens with one attached hydrogen (secondary N) is 1. The third-order valence-electron chi connectivity index (χ3n) is 3.76. The van der Waals surface area contributed by atoms with Crippen molar-refractivity contribution in [3.63, 3.8) is 0 Å². The van der Waals surface area contributed by atoms with Crippen molar-refractivity contribution < 1.29 is 14.3 Å². The molecule has 27 heavy (non-hydrogen) atoms. The van der Waals surface area contributed by atoms with Crippen molar-refractivity contribution in [2.45, 2.75) is 25.0 Å². The van der Waals surface area contributed by atoms with Crippen molar-refractivity contribution in [2.24, 2.45) is 0 Å². The molecule has 3 rings (SSSR count). The third-order valence-corrected chi connectivity index (χ3v) is 4.63. The molecule has 7 heteroatoms. The van der Waals surface area contributed by atoms with Gasteiger partial charge in [-0.05, 0) is 38.1 Å². The Morgan fingerprint density at radius 2 is 1.81 bits per heavy atom. The number of hydrogen-bond acceptors (Lipinski definition) is 6. The predicted molar refractivity (Wildman–Crippen MR) is 106 cm³/mol. The molecule has 0 spiro atoms. The molecule has 1 heterocycles. The van der Waals surface area contributed by atoms with Gasteiger partial charge in [0.05, 0.1) is 23.0 Å². The highest BCUT2D eigenvalue weighted by atomic mass is 32.2. The lowest BCUT2D eigenvalue weighted by Crippen LogP contribution is -2.30. The lowest BCUT2D eigenvalue weighted by Gasteiger charge is -2.13. The van der Waals surface area contributed by atoms with Crippen molar-refractivity contribution in [3.8, 4) is 0 Å². The molecule has 1 amide bonds. The average molecular weight is 381 g/mol. The van der Waals surface area contributed by atoms with E-state index in [1.165, 1.54) is 11.8 Å². The maximum atomic E-state index is 12.1. The van der Waals surface area contributed by atoms with E-state index >= 15 is 0 Å². The van der Waals surface area contributed by atoms with Crippen LogP contribution in [0.1, 0.15) is 12.5 Å². The number of aryl methyl sites for hydroxylation is 1. The van der Waals surface area contributed by atoms with E-state index in [1.54, 1.807) is 25.3 Å². The molecule has 0 fully saturated rings. The van der Waals surface area contributed by atoms with Crippen molar-refractivity contribution in [1.82, 2.24) is 9.97 Å². The molecule has 0 bridgehead atoms. The van der Waals surface area contributed by atoms with Crippen molar-refractivity contribution in [1.29, 1.82) is 0 Å². The summed E-state index contributed by atoms with van der Waals surface area (Å²) in [6, 6.07) is 14.9. The minimum atomic E-state index is -0.887. The molecule has 1 unspecified atom stereocenters. The smallest absolute Gasteiger partial charge is 0.317 e. The number of aromatic nitrogens is 2. The van der Waals surface area contributed by atoms with Gasteiger partial charge in [0, 0.05) is 5.69 Å². The first-order chi connectivity index (χ1) is 13.0.